The van der Waals surface area contributed by atoms with Crippen molar-refractivity contribution in [2.75, 3.05) is 26.2 Å². The molecule has 0 aromatic carbocycles. The van der Waals surface area contributed by atoms with Crippen molar-refractivity contribution in [3.05, 3.63) is 0 Å². The molecule has 0 saturated carbocycles. The monoisotopic (exact) mass is 231 g/mol. The van der Waals surface area contributed by atoms with Crippen LogP contribution in [0, 0.1) is 11.3 Å². The summed E-state index contributed by atoms with van der Waals surface area (Å²) in [5, 5.41) is 27.4. The lowest BCUT2D eigenvalue weighted by atomic mass is 9.76. The van der Waals surface area contributed by atoms with Crippen LogP contribution in [0.3, 0.4) is 0 Å². The summed E-state index contributed by atoms with van der Waals surface area (Å²) < 4.78 is 0. The average Bonchev–Trinajstić information content (AvgIpc) is 2.63. The predicted octanol–water partition coefficient (Wildman–Crippen LogP) is -0.228. The van der Waals surface area contributed by atoms with E-state index in [1.165, 1.54) is 0 Å². The van der Waals surface area contributed by atoms with E-state index in [4.69, 9.17) is 5.11 Å². The van der Waals surface area contributed by atoms with Crippen LogP contribution in [0.4, 0.5) is 0 Å². The number of aliphatic carboxylic acids is 1. The number of nitrogens with zero attached hydrogens (tertiary/aromatic N) is 1. The van der Waals surface area contributed by atoms with Crippen molar-refractivity contribution in [3.63, 3.8) is 0 Å². The number of rotatable bonds is 5. The number of aliphatic hydroxyl groups excluding tert-OH is 2. The van der Waals surface area contributed by atoms with Crippen LogP contribution >= 0.6 is 0 Å². The van der Waals surface area contributed by atoms with Gasteiger partial charge < -0.3 is 15.3 Å². The molecular weight excluding hydrogens is 210 g/mol. The fourth-order valence-electron chi connectivity index (χ4n) is 2.32. The van der Waals surface area contributed by atoms with Gasteiger partial charge in [0.1, 0.15) is 0 Å². The molecule has 0 amide bonds. The Morgan fingerprint density at radius 3 is 2.50 bits per heavy atom. The number of β-amino-alcohol motifs (C(OH)–C–C–N with tert-alkyl or cyclic N) is 1. The third-order valence-corrected chi connectivity index (χ3v) is 3.59. The first-order valence-electron chi connectivity index (χ1n) is 5.67. The standard InChI is InChI=1S/C11H21NO4/c1-8(2)11(10(15)16)3-4-12(7-11)5-9(14)6-13/h8-9,13-14H,3-7H2,1-2H3,(H,15,16). The number of carbonyl (C=O) groups is 1. The van der Waals surface area contributed by atoms with Crippen LogP contribution in [0.5, 0.6) is 0 Å². The molecule has 1 aliphatic rings. The Labute approximate surface area is 95.7 Å². The summed E-state index contributed by atoms with van der Waals surface area (Å²) in [6.07, 6.45) is -0.172. The second-order valence-electron chi connectivity index (χ2n) is 4.94. The second kappa shape index (κ2) is 5.12. The number of likely N-dealkylation sites (tertiary alicyclic amines) is 1. The van der Waals surface area contributed by atoms with Crippen LogP contribution in [0.2, 0.25) is 0 Å². The highest BCUT2D eigenvalue weighted by Crippen LogP contribution is 2.38. The SMILES string of the molecule is CC(C)C1(C(=O)O)CCN(CC(O)CO)C1. The van der Waals surface area contributed by atoms with Crippen molar-refractivity contribution in [2.45, 2.75) is 26.4 Å². The van der Waals surface area contributed by atoms with Crippen molar-refractivity contribution < 1.29 is 20.1 Å². The highest BCUT2D eigenvalue weighted by Gasteiger charge is 2.47. The van der Waals surface area contributed by atoms with Gasteiger partial charge in [0.2, 0.25) is 0 Å². The Hall–Kier alpha value is -0.650. The Morgan fingerprint density at radius 1 is 1.50 bits per heavy atom. The first kappa shape index (κ1) is 13.4. The number of carboxylic acids is 1. The lowest BCUT2D eigenvalue weighted by Crippen LogP contribution is -2.41. The van der Waals surface area contributed by atoms with E-state index in [9.17, 15) is 15.0 Å². The quantitative estimate of drug-likeness (QED) is 0.609. The van der Waals surface area contributed by atoms with Gasteiger partial charge in [0, 0.05) is 13.1 Å². The lowest BCUT2D eigenvalue weighted by molar-refractivity contribution is -0.151. The van der Waals surface area contributed by atoms with Crippen LogP contribution in [-0.2, 0) is 4.79 Å². The Morgan fingerprint density at radius 2 is 2.12 bits per heavy atom. The van der Waals surface area contributed by atoms with Gasteiger partial charge in [-0.2, -0.15) is 0 Å². The third-order valence-electron chi connectivity index (χ3n) is 3.59. The van der Waals surface area contributed by atoms with Crippen LogP contribution in [0.15, 0.2) is 0 Å². The molecular formula is C11H21NO4. The van der Waals surface area contributed by atoms with Gasteiger partial charge in [0.15, 0.2) is 0 Å². The zero-order valence-corrected chi connectivity index (χ0v) is 9.89. The minimum Gasteiger partial charge on any atom is -0.481 e. The third kappa shape index (κ3) is 2.53. The topological polar surface area (TPSA) is 81.0 Å². The number of hydrogen-bond donors (Lipinski definition) is 3. The maximum Gasteiger partial charge on any atom is 0.311 e. The summed E-state index contributed by atoms with van der Waals surface area (Å²) in [4.78, 5) is 13.2. The lowest BCUT2D eigenvalue weighted by Gasteiger charge is -2.29. The molecule has 2 unspecified atom stereocenters. The minimum absolute atomic E-state index is 0.0706. The Balaban J connectivity index is 2.64. The summed E-state index contributed by atoms with van der Waals surface area (Å²) in [6, 6.07) is 0. The molecule has 0 bridgehead atoms. The van der Waals surface area contributed by atoms with E-state index in [1.54, 1.807) is 0 Å². The largest absolute Gasteiger partial charge is 0.481 e. The summed E-state index contributed by atoms with van der Waals surface area (Å²) in [5.41, 5.74) is -0.699. The highest BCUT2D eigenvalue weighted by atomic mass is 16.4. The van der Waals surface area contributed by atoms with E-state index in [2.05, 4.69) is 0 Å². The van der Waals surface area contributed by atoms with Gasteiger partial charge in [-0.1, -0.05) is 13.8 Å². The van der Waals surface area contributed by atoms with Gasteiger partial charge >= 0.3 is 5.97 Å². The van der Waals surface area contributed by atoms with Gasteiger partial charge in [-0.3, -0.25) is 9.69 Å². The summed E-state index contributed by atoms with van der Waals surface area (Å²) in [6.45, 7) is 5.02. The smallest absolute Gasteiger partial charge is 0.311 e. The molecule has 0 spiro atoms. The molecule has 0 aliphatic carbocycles. The fraction of sp³-hybridized carbons (Fsp3) is 0.909. The molecule has 0 aromatic heterocycles. The molecule has 1 saturated heterocycles. The molecule has 1 heterocycles. The van der Waals surface area contributed by atoms with Gasteiger partial charge in [-0.15, -0.1) is 0 Å². The minimum atomic E-state index is -0.781. The van der Waals surface area contributed by atoms with Crippen molar-refractivity contribution >= 4 is 5.97 Å². The number of aliphatic hydroxyl groups is 2. The van der Waals surface area contributed by atoms with Crippen molar-refractivity contribution in [2.24, 2.45) is 11.3 Å². The van der Waals surface area contributed by atoms with Crippen molar-refractivity contribution in [1.82, 2.24) is 4.90 Å². The number of carboxylic acid groups (broad SMARTS) is 1. The maximum absolute atomic E-state index is 11.3. The predicted molar refractivity (Wildman–Crippen MR) is 59.1 cm³/mol. The maximum atomic E-state index is 11.3. The molecule has 5 heteroatoms. The average molecular weight is 231 g/mol. The molecule has 0 aromatic rings. The van der Waals surface area contributed by atoms with Crippen LogP contribution in [-0.4, -0.2) is 58.5 Å². The van der Waals surface area contributed by atoms with Gasteiger partial charge in [0.25, 0.3) is 0 Å². The molecule has 1 aliphatic heterocycles. The zero-order chi connectivity index (χ0) is 12.3. The molecule has 16 heavy (non-hydrogen) atoms. The van der Waals surface area contributed by atoms with Crippen molar-refractivity contribution in [3.8, 4) is 0 Å². The van der Waals surface area contributed by atoms with E-state index in [0.717, 1.165) is 0 Å². The second-order valence-corrected chi connectivity index (χ2v) is 4.94. The molecule has 2 atom stereocenters. The first-order valence-corrected chi connectivity index (χ1v) is 5.67. The summed E-state index contributed by atoms with van der Waals surface area (Å²) >= 11 is 0. The molecule has 5 nitrogen and oxygen atoms in total. The van der Waals surface area contributed by atoms with E-state index in [-0.39, 0.29) is 12.5 Å². The van der Waals surface area contributed by atoms with Gasteiger partial charge in [-0.05, 0) is 18.9 Å². The molecule has 1 fully saturated rings. The molecule has 0 radical (unpaired) electrons. The Bertz CT molecular complexity index is 256. The highest BCUT2D eigenvalue weighted by molar-refractivity contribution is 5.75. The number of hydrogen-bond acceptors (Lipinski definition) is 4. The summed E-state index contributed by atoms with van der Waals surface area (Å²) in [7, 11) is 0. The van der Waals surface area contributed by atoms with E-state index in [1.807, 2.05) is 18.7 Å². The summed E-state index contributed by atoms with van der Waals surface area (Å²) in [5.74, 6) is -0.690. The van der Waals surface area contributed by atoms with Crippen LogP contribution in [0.1, 0.15) is 20.3 Å². The van der Waals surface area contributed by atoms with Crippen LogP contribution in [0.25, 0.3) is 0 Å². The Kier molecular flexibility index (Phi) is 4.29. The molecule has 1 rings (SSSR count). The zero-order valence-electron chi connectivity index (χ0n) is 9.89. The first-order chi connectivity index (χ1) is 7.42. The normalized spacial score (nSPS) is 28.6. The van der Waals surface area contributed by atoms with E-state index < -0.39 is 17.5 Å². The van der Waals surface area contributed by atoms with Crippen molar-refractivity contribution in [1.29, 1.82) is 0 Å². The molecule has 94 valence electrons. The molecule has 3 N–H and O–H groups in total. The van der Waals surface area contributed by atoms with Gasteiger partial charge in [-0.25, -0.2) is 0 Å². The van der Waals surface area contributed by atoms with Gasteiger partial charge in [0.05, 0.1) is 18.1 Å². The van der Waals surface area contributed by atoms with E-state index >= 15 is 0 Å². The van der Waals surface area contributed by atoms with E-state index in [0.29, 0.717) is 26.1 Å². The fourth-order valence-corrected chi connectivity index (χ4v) is 2.32. The van der Waals surface area contributed by atoms with Crippen LogP contribution < -0.4 is 0 Å².